The molecule has 4 aromatic heterocycles. The van der Waals surface area contributed by atoms with Gasteiger partial charge in [-0.2, -0.15) is 12.1 Å². The number of hydrogen-bond acceptors (Lipinski definition) is 2. The minimum Gasteiger partial charge on any atom is -0.510 e. The number of imidazole rings is 1. The number of para-hydroxylation sites is 6. The van der Waals surface area contributed by atoms with Crippen LogP contribution in [0.15, 0.2) is 218 Å². The molecule has 6 nitrogen and oxygen atoms in total. The van der Waals surface area contributed by atoms with Crippen molar-refractivity contribution in [3.63, 3.8) is 0 Å². The van der Waals surface area contributed by atoms with Crippen LogP contribution in [0, 0.1) is 18.5 Å². The van der Waals surface area contributed by atoms with E-state index in [0.29, 0.717) is 62.7 Å². The number of hydrogen-bond donors (Lipinski definition) is 0. The van der Waals surface area contributed by atoms with Gasteiger partial charge in [-0.25, -0.2) is 4.98 Å². The van der Waals surface area contributed by atoms with Crippen molar-refractivity contribution in [1.29, 1.82) is 0 Å². The normalized spacial score (nSPS) is 15.4. The molecule has 4 heterocycles. The molecule has 0 amide bonds. The molecule has 13 aromatic rings. The van der Waals surface area contributed by atoms with Crippen molar-refractivity contribution in [2.75, 3.05) is 0 Å². The van der Waals surface area contributed by atoms with Crippen LogP contribution >= 0.6 is 0 Å². The van der Waals surface area contributed by atoms with Gasteiger partial charge in [0.2, 0.25) is 0 Å². The molecular formula is C65H47N5OPt-2. The van der Waals surface area contributed by atoms with Crippen LogP contribution in [-0.4, -0.2) is 18.7 Å². The van der Waals surface area contributed by atoms with Gasteiger partial charge in [-0.1, -0.05) is 182 Å². The van der Waals surface area contributed by atoms with E-state index in [1.165, 1.54) is 27.3 Å². The molecule has 0 fully saturated rings. The summed E-state index contributed by atoms with van der Waals surface area (Å²) in [6.07, 6.45) is 5.96. The second kappa shape index (κ2) is 18.8. The van der Waals surface area contributed by atoms with Gasteiger partial charge in [0.1, 0.15) is 5.82 Å². The maximum absolute atomic E-state index is 9.49. The number of ether oxygens (including phenoxy) is 1. The van der Waals surface area contributed by atoms with Crippen LogP contribution in [0.3, 0.4) is 0 Å². The molecule has 0 bridgehead atoms. The maximum Gasteiger partial charge on any atom is 0.268 e. The summed E-state index contributed by atoms with van der Waals surface area (Å²) < 4.78 is 184. The first-order chi connectivity index (χ1) is 43.0. The second-order valence-electron chi connectivity index (χ2n) is 16.6. The summed E-state index contributed by atoms with van der Waals surface area (Å²) in [5, 5.41) is 0.743. The van der Waals surface area contributed by atoms with Crippen LogP contribution < -0.4 is 9.30 Å². The van der Waals surface area contributed by atoms with Gasteiger partial charge in [-0.15, -0.1) is 24.3 Å². The van der Waals surface area contributed by atoms with Crippen LogP contribution in [0.5, 0.6) is 11.5 Å². The molecular weight excluding hydrogens is 1060 g/mol. The van der Waals surface area contributed by atoms with Crippen molar-refractivity contribution in [1.82, 2.24) is 18.7 Å². The number of nitrogens with zero attached hydrogens (tertiary/aromatic N) is 5. The average molecular weight is 1130 g/mol. The molecule has 0 atom stereocenters. The van der Waals surface area contributed by atoms with Gasteiger partial charge < -0.3 is 18.4 Å². The molecule has 0 unspecified atom stereocenters. The fourth-order valence-corrected chi connectivity index (χ4v) is 9.62. The molecule has 0 spiro atoms. The summed E-state index contributed by atoms with van der Waals surface area (Å²) in [5.74, 6) is -0.531. The molecule has 13 rings (SSSR count). The summed E-state index contributed by atoms with van der Waals surface area (Å²) in [5.41, 5.74) is 2.37. The third kappa shape index (κ3) is 7.53. The molecule has 72 heavy (non-hydrogen) atoms. The first kappa shape index (κ1) is 28.5. The van der Waals surface area contributed by atoms with E-state index < -0.39 is 115 Å². The molecule has 0 aliphatic carbocycles. The molecule has 9 aromatic carbocycles. The second-order valence-corrected chi connectivity index (χ2v) is 16.6. The van der Waals surface area contributed by atoms with Crippen molar-refractivity contribution < 1.29 is 56.4 Å². The standard InChI is InChI=1S/C65H47N5O.Pt/c1-3-44(4-2)47-37-38-66-63(39-47)70-58-34-16-13-29-55(58)64-61(69-56-32-14-11-27-53(56)54-28-12-15-33-57(54)69)41-50(42-62(64)70)71-49-26-19-25-48(40-49)67-43-68(60-36-18-17-35-59(60)67)65-51(45-21-7-5-8-22-45)30-20-31-52(65)46-23-9-6-10-24-46;/h5-39,41,44H,3-4H2,1-2H3;/q-2;/i5D,6D,7D,8D,9D,10D,11D,12D,14D,15D,21D,22D,23D,24D,27D,28D,32D,33D,44D;. The molecule has 0 aliphatic rings. The smallest absolute Gasteiger partial charge is 0.268 e. The molecule has 0 saturated carbocycles. The Kier molecular flexibility index (Phi) is 7.44. The van der Waals surface area contributed by atoms with E-state index >= 15 is 0 Å². The SMILES string of the molecule is [2H]c1c([2H])c([2H])c(-c2cccc(-c3c([2H])c([2H])c([2H])c([2H])c3[2H])c2-[n+]2[c-]n(-c3[c-]c(Oc4[c-]c5c(c(-n6c7c([2H])c([2H])c([2H])c([2H])c7c7c([2H])c([2H])c([2H])c([2H])c76)c4)c4ccccc4n5-c4cc(C([2H])(CC)CC)ccn4)ccc3)c3ccccc32)c([2H])c1[2H].[Pt]. The number of fused-ring (bicyclic) bond motifs is 7. The third-order valence-electron chi connectivity index (χ3n) is 12.7. The Morgan fingerprint density at radius 2 is 1.22 bits per heavy atom. The van der Waals surface area contributed by atoms with Gasteiger partial charge in [-0.3, -0.25) is 4.57 Å². The topological polar surface area (TPSA) is 40.8 Å². The zero-order valence-electron chi connectivity index (χ0n) is 57.3. The quantitative estimate of drug-likeness (QED) is 0.0957. The number of rotatable bonds is 11. The van der Waals surface area contributed by atoms with Crippen molar-refractivity contribution in [2.24, 2.45) is 0 Å². The van der Waals surface area contributed by atoms with E-state index in [4.69, 9.17) is 28.9 Å². The van der Waals surface area contributed by atoms with E-state index in [2.05, 4.69) is 18.5 Å². The van der Waals surface area contributed by atoms with E-state index in [0.717, 1.165) is 0 Å². The Bertz CT molecular complexity index is 5070. The first-order valence-electron chi connectivity index (χ1n) is 32.4. The summed E-state index contributed by atoms with van der Waals surface area (Å²) in [6.45, 7) is 3.88. The Morgan fingerprint density at radius 1 is 0.597 bits per heavy atom. The van der Waals surface area contributed by atoms with Crippen molar-refractivity contribution in [2.45, 2.75) is 32.6 Å². The number of aromatic nitrogens is 5. The van der Waals surface area contributed by atoms with Gasteiger partial charge in [0.25, 0.3) is 6.33 Å². The van der Waals surface area contributed by atoms with Crippen LogP contribution in [-0.2, 0) is 21.1 Å². The van der Waals surface area contributed by atoms with Crippen LogP contribution in [0.2, 0.25) is 0 Å². The summed E-state index contributed by atoms with van der Waals surface area (Å²) in [4.78, 5) is 4.85. The monoisotopic (exact) mass is 1130 g/mol. The van der Waals surface area contributed by atoms with Gasteiger partial charge in [0.05, 0.1) is 52.4 Å². The van der Waals surface area contributed by atoms with Gasteiger partial charge in [0.15, 0.2) is 0 Å². The minimum atomic E-state index is -0.988. The molecule has 0 radical (unpaired) electrons. The van der Waals surface area contributed by atoms with Crippen molar-refractivity contribution in [3.8, 4) is 56.6 Å². The predicted octanol–water partition coefficient (Wildman–Crippen LogP) is 15.9. The Balaban J connectivity index is 0.00000800. The summed E-state index contributed by atoms with van der Waals surface area (Å²) in [6, 6.07) is 25.4. The fraction of sp³-hybridized carbons (Fsp3) is 0.0769. The largest absolute Gasteiger partial charge is 0.510 e. The summed E-state index contributed by atoms with van der Waals surface area (Å²) in [7, 11) is 0. The Hall–Kier alpha value is -8.31. The van der Waals surface area contributed by atoms with Crippen LogP contribution in [0.4, 0.5) is 0 Å². The molecule has 350 valence electrons. The number of pyridine rings is 1. The van der Waals surface area contributed by atoms with E-state index in [9.17, 15) is 6.85 Å². The van der Waals surface area contributed by atoms with E-state index in [1.54, 1.807) is 65.4 Å². The minimum absolute atomic E-state index is 0. The predicted molar refractivity (Wildman–Crippen MR) is 288 cm³/mol. The molecule has 0 aliphatic heterocycles. The van der Waals surface area contributed by atoms with Crippen molar-refractivity contribution in [3.05, 3.63) is 242 Å². The molecule has 0 N–H and O–H groups in total. The van der Waals surface area contributed by atoms with Gasteiger partial charge in [0, 0.05) is 56.4 Å². The zero-order valence-corrected chi connectivity index (χ0v) is 40.5. The molecule has 7 heteroatoms. The van der Waals surface area contributed by atoms with Crippen LogP contribution in [0.25, 0.3) is 99.8 Å². The van der Waals surface area contributed by atoms with Crippen LogP contribution in [0.1, 0.15) is 64.2 Å². The van der Waals surface area contributed by atoms with E-state index in [1.807, 2.05) is 48.7 Å². The first-order valence-corrected chi connectivity index (χ1v) is 22.9. The van der Waals surface area contributed by atoms with Crippen molar-refractivity contribution >= 4 is 54.6 Å². The number of benzene rings is 9. The summed E-state index contributed by atoms with van der Waals surface area (Å²) >= 11 is 0. The fourth-order valence-electron chi connectivity index (χ4n) is 9.62. The average Bonchev–Trinajstić information content (AvgIpc) is 1.57. The van der Waals surface area contributed by atoms with Gasteiger partial charge >= 0.3 is 0 Å². The third-order valence-corrected chi connectivity index (χ3v) is 12.7. The Labute approximate surface area is 459 Å². The van der Waals surface area contributed by atoms with E-state index in [-0.39, 0.29) is 88.0 Å². The zero-order chi connectivity index (χ0) is 64.0. The Morgan fingerprint density at radius 3 is 1.92 bits per heavy atom. The van der Waals surface area contributed by atoms with Gasteiger partial charge in [-0.05, 0) is 93.6 Å². The molecule has 0 saturated heterocycles. The maximum atomic E-state index is 9.49.